The molecule has 0 atom stereocenters. The molecule has 0 aliphatic carbocycles. The van der Waals surface area contributed by atoms with Crippen LogP contribution >= 0.6 is 0 Å². The molecule has 1 N–H and O–H groups in total. The summed E-state index contributed by atoms with van der Waals surface area (Å²) in [4.78, 5) is 16.6. The van der Waals surface area contributed by atoms with E-state index in [2.05, 4.69) is 10.2 Å². The third-order valence-corrected chi connectivity index (χ3v) is 5.21. The molecular formula is C22H25F4N3O. The Morgan fingerprint density at radius 1 is 1.00 bits per heavy atom. The monoisotopic (exact) mass is 423 g/mol. The van der Waals surface area contributed by atoms with Crippen molar-refractivity contribution in [3.63, 3.8) is 0 Å². The first-order valence-corrected chi connectivity index (χ1v) is 9.87. The van der Waals surface area contributed by atoms with Gasteiger partial charge in [-0.25, -0.2) is 4.39 Å². The van der Waals surface area contributed by atoms with Crippen molar-refractivity contribution in [2.24, 2.45) is 0 Å². The molecule has 1 amide bonds. The van der Waals surface area contributed by atoms with Crippen LogP contribution in [0.2, 0.25) is 0 Å². The number of anilines is 1. The highest BCUT2D eigenvalue weighted by atomic mass is 19.4. The molecule has 4 nitrogen and oxygen atoms in total. The molecule has 3 rings (SSSR count). The molecule has 2 aromatic rings. The van der Waals surface area contributed by atoms with Crippen molar-refractivity contribution >= 4 is 11.6 Å². The Morgan fingerprint density at radius 3 is 2.37 bits per heavy atom. The van der Waals surface area contributed by atoms with E-state index in [1.165, 1.54) is 24.3 Å². The van der Waals surface area contributed by atoms with Gasteiger partial charge in [-0.05, 0) is 61.8 Å². The lowest BCUT2D eigenvalue weighted by atomic mass is 10.1. The molecular weight excluding hydrogens is 398 g/mol. The van der Waals surface area contributed by atoms with Crippen LogP contribution in [0, 0.1) is 12.7 Å². The molecule has 1 aliphatic heterocycles. The highest BCUT2D eigenvalue weighted by Crippen LogP contribution is 2.29. The Labute approximate surface area is 173 Å². The number of nitrogens with one attached hydrogen (secondary N) is 1. The van der Waals surface area contributed by atoms with E-state index in [4.69, 9.17) is 0 Å². The van der Waals surface area contributed by atoms with Gasteiger partial charge in [0.25, 0.3) is 0 Å². The number of rotatable bonds is 5. The number of carbonyl (C=O) groups is 1. The number of carbonyl (C=O) groups excluding carboxylic acids is 1. The van der Waals surface area contributed by atoms with E-state index in [1.807, 2.05) is 4.90 Å². The highest BCUT2D eigenvalue weighted by molar-refractivity contribution is 5.92. The summed E-state index contributed by atoms with van der Waals surface area (Å²) in [6.07, 6.45) is -3.47. The molecule has 0 radical (unpaired) electrons. The van der Waals surface area contributed by atoms with Gasteiger partial charge in [0, 0.05) is 25.3 Å². The number of hydrogen-bond acceptors (Lipinski definition) is 3. The van der Waals surface area contributed by atoms with E-state index in [9.17, 15) is 22.4 Å². The minimum Gasteiger partial charge on any atom is -0.325 e. The third kappa shape index (κ3) is 6.27. The van der Waals surface area contributed by atoms with Crippen LogP contribution in [0.25, 0.3) is 0 Å². The minimum absolute atomic E-state index is 0.195. The highest BCUT2D eigenvalue weighted by Gasteiger charge is 2.30. The third-order valence-electron chi connectivity index (χ3n) is 5.21. The number of hydrogen-bond donors (Lipinski definition) is 1. The van der Waals surface area contributed by atoms with Crippen molar-refractivity contribution in [2.75, 3.05) is 38.0 Å². The van der Waals surface area contributed by atoms with Crippen molar-refractivity contribution in [1.82, 2.24) is 9.80 Å². The van der Waals surface area contributed by atoms with Gasteiger partial charge in [-0.15, -0.1) is 0 Å². The topological polar surface area (TPSA) is 35.6 Å². The fraction of sp³-hybridized carbons (Fsp3) is 0.409. The van der Waals surface area contributed by atoms with Crippen LogP contribution in [0.3, 0.4) is 0 Å². The average Bonchev–Trinajstić information content (AvgIpc) is 2.89. The maximum Gasteiger partial charge on any atom is 0.416 e. The van der Waals surface area contributed by atoms with Crippen LogP contribution in [0.1, 0.15) is 23.1 Å². The van der Waals surface area contributed by atoms with E-state index < -0.39 is 17.6 Å². The van der Waals surface area contributed by atoms with Crippen LogP contribution in [0.4, 0.5) is 23.2 Å². The zero-order chi connectivity index (χ0) is 21.7. The van der Waals surface area contributed by atoms with Gasteiger partial charge in [-0.3, -0.25) is 14.6 Å². The zero-order valence-electron chi connectivity index (χ0n) is 16.8. The van der Waals surface area contributed by atoms with Gasteiger partial charge < -0.3 is 5.32 Å². The Morgan fingerprint density at radius 2 is 1.67 bits per heavy atom. The quantitative estimate of drug-likeness (QED) is 0.729. The lowest BCUT2D eigenvalue weighted by Gasteiger charge is -2.22. The predicted molar refractivity (Wildman–Crippen MR) is 108 cm³/mol. The largest absolute Gasteiger partial charge is 0.416 e. The van der Waals surface area contributed by atoms with Crippen LogP contribution in [-0.2, 0) is 17.5 Å². The molecule has 0 aromatic heterocycles. The molecule has 30 heavy (non-hydrogen) atoms. The van der Waals surface area contributed by atoms with Gasteiger partial charge in [0.05, 0.1) is 12.1 Å². The summed E-state index contributed by atoms with van der Waals surface area (Å²) < 4.78 is 51.5. The van der Waals surface area contributed by atoms with Gasteiger partial charge >= 0.3 is 6.18 Å². The second-order valence-corrected chi connectivity index (χ2v) is 7.61. The lowest BCUT2D eigenvalue weighted by molar-refractivity contribution is -0.137. The van der Waals surface area contributed by atoms with Gasteiger partial charge in [0.1, 0.15) is 5.82 Å². The molecule has 1 aliphatic rings. The molecule has 1 fully saturated rings. The van der Waals surface area contributed by atoms with Crippen molar-refractivity contribution < 1.29 is 22.4 Å². The van der Waals surface area contributed by atoms with E-state index in [-0.39, 0.29) is 12.5 Å². The molecule has 1 saturated heterocycles. The number of nitrogens with zero attached hydrogens (tertiary/aromatic N) is 2. The van der Waals surface area contributed by atoms with Crippen LogP contribution in [0.5, 0.6) is 0 Å². The molecule has 0 bridgehead atoms. The Kier molecular flexibility index (Phi) is 7.10. The maximum absolute atomic E-state index is 13.4. The second kappa shape index (κ2) is 9.57. The predicted octanol–water partition coefficient (Wildman–Crippen LogP) is 4.30. The summed E-state index contributed by atoms with van der Waals surface area (Å²) >= 11 is 0. The van der Waals surface area contributed by atoms with E-state index >= 15 is 0 Å². The van der Waals surface area contributed by atoms with Gasteiger partial charge in [0.2, 0.25) is 5.91 Å². The molecule has 162 valence electrons. The molecule has 8 heteroatoms. The van der Waals surface area contributed by atoms with Crippen LogP contribution in [-0.4, -0.2) is 48.4 Å². The smallest absolute Gasteiger partial charge is 0.325 e. The minimum atomic E-state index is -4.33. The summed E-state index contributed by atoms with van der Waals surface area (Å²) in [5, 5.41) is 2.76. The summed E-state index contributed by atoms with van der Waals surface area (Å²) in [7, 11) is 0. The number of aryl methyl sites for hydroxylation is 1. The van der Waals surface area contributed by atoms with Crippen molar-refractivity contribution in [2.45, 2.75) is 26.1 Å². The summed E-state index contributed by atoms with van der Waals surface area (Å²) in [5.74, 6) is -0.593. The Bertz CT molecular complexity index is 868. The summed E-state index contributed by atoms with van der Waals surface area (Å²) in [6.45, 7) is 5.54. The van der Waals surface area contributed by atoms with Crippen molar-refractivity contribution in [3.8, 4) is 0 Å². The molecule has 0 unspecified atom stereocenters. The lowest BCUT2D eigenvalue weighted by Crippen LogP contribution is -2.36. The van der Waals surface area contributed by atoms with E-state index in [0.717, 1.165) is 42.8 Å². The Hall–Kier alpha value is -2.45. The second-order valence-electron chi connectivity index (χ2n) is 7.61. The number of alkyl halides is 3. The zero-order valence-corrected chi connectivity index (χ0v) is 16.8. The van der Waals surface area contributed by atoms with E-state index in [1.54, 1.807) is 13.0 Å². The fourth-order valence-electron chi connectivity index (χ4n) is 3.52. The number of halogens is 4. The summed E-state index contributed by atoms with van der Waals surface area (Å²) in [6, 6.07) is 9.53. The Balaban J connectivity index is 1.50. The molecule has 0 saturated carbocycles. The van der Waals surface area contributed by atoms with Crippen molar-refractivity contribution in [1.29, 1.82) is 0 Å². The SMILES string of the molecule is Cc1ccc(F)cc1NC(=O)CN1CCCN(Cc2ccc(C(F)(F)F)cc2)CC1. The standard InChI is InChI=1S/C22H25F4N3O/c1-16-3-8-19(23)13-20(16)27-21(30)15-29-10-2-9-28(11-12-29)14-17-4-6-18(7-5-17)22(24,25)26/h3-8,13H,2,9-12,14-15H2,1H3,(H,27,30). The first-order chi connectivity index (χ1) is 14.2. The normalized spacial score (nSPS) is 16.3. The molecule has 1 heterocycles. The number of benzene rings is 2. The van der Waals surface area contributed by atoms with Gasteiger partial charge in [-0.2, -0.15) is 13.2 Å². The maximum atomic E-state index is 13.4. The van der Waals surface area contributed by atoms with Gasteiger partial charge in [-0.1, -0.05) is 18.2 Å². The first-order valence-electron chi connectivity index (χ1n) is 9.87. The average molecular weight is 423 g/mol. The fourth-order valence-corrected chi connectivity index (χ4v) is 3.52. The van der Waals surface area contributed by atoms with E-state index in [0.29, 0.717) is 25.3 Å². The molecule has 0 spiro atoms. The summed E-state index contributed by atoms with van der Waals surface area (Å²) in [5.41, 5.74) is 1.45. The van der Waals surface area contributed by atoms with Gasteiger partial charge in [0.15, 0.2) is 0 Å². The number of amides is 1. The van der Waals surface area contributed by atoms with Crippen molar-refractivity contribution in [3.05, 3.63) is 65.0 Å². The first kappa shape index (κ1) is 22.2. The van der Waals surface area contributed by atoms with Crippen LogP contribution in [0.15, 0.2) is 42.5 Å². The molecule has 2 aromatic carbocycles. The van der Waals surface area contributed by atoms with Crippen LogP contribution < -0.4 is 5.32 Å².